The zero-order chi connectivity index (χ0) is 25.2. The van der Waals surface area contributed by atoms with E-state index < -0.39 is 34.6 Å². The first-order valence-electron chi connectivity index (χ1n) is 12.4. The van der Waals surface area contributed by atoms with Crippen LogP contribution >= 0.6 is 0 Å². The van der Waals surface area contributed by atoms with Gasteiger partial charge in [0.1, 0.15) is 0 Å². The van der Waals surface area contributed by atoms with Crippen molar-refractivity contribution >= 4 is 28.9 Å². The molecule has 4 nitrogen and oxygen atoms in total. The summed E-state index contributed by atoms with van der Waals surface area (Å²) in [5, 5.41) is 0. The SMILES string of the molecule is O=C1OC(=O)[C@@H]2[C@@H]1[C@@]1(c3ccccc3)C(=O)[C@@]2(c2ccccc2)C(c2ccccc2)=C1c1ccccc1. The highest BCUT2D eigenvalue weighted by Crippen LogP contribution is 2.74. The lowest BCUT2D eigenvalue weighted by atomic mass is 9.59. The van der Waals surface area contributed by atoms with E-state index in [4.69, 9.17) is 4.74 Å². The number of carbonyl (C=O) groups excluding carboxylic acids is 3. The summed E-state index contributed by atoms with van der Waals surface area (Å²) in [4.78, 5) is 42.4. The number of cyclic esters (lactones) is 2. The van der Waals surface area contributed by atoms with E-state index in [1.54, 1.807) is 0 Å². The van der Waals surface area contributed by atoms with Crippen molar-refractivity contribution in [3.63, 3.8) is 0 Å². The first kappa shape index (κ1) is 21.7. The van der Waals surface area contributed by atoms with E-state index in [2.05, 4.69) is 0 Å². The van der Waals surface area contributed by atoms with Gasteiger partial charge in [-0.15, -0.1) is 0 Å². The van der Waals surface area contributed by atoms with E-state index in [-0.39, 0.29) is 5.78 Å². The Morgan fingerprint density at radius 2 is 0.784 bits per heavy atom. The highest BCUT2D eigenvalue weighted by atomic mass is 16.6. The van der Waals surface area contributed by atoms with Gasteiger partial charge in [0, 0.05) is 0 Å². The number of allylic oxidation sites excluding steroid dienone is 2. The van der Waals surface area contributed by atoms with Gasteiger partial charge >= 0.3 is 11.9 Å². The molecule has 4 aromatic carbocycles. The summed E-state index contributed by atoms with van der Waals surface area (Å²) in [7, 11) is 0. The lowest BCUT2D eigenvalue weighted by Crippen LogP contribution is -2.41. The second-order valence-corrected chi connectivity index (χ2v) is 9.85. The van der Waals surface area contributed by atoms with Crippen LogP contribution < -0.4 is 0 Å². The summed E-state index contributed by atoms with van der Waals surface area (Å²) in [6, 6.07) is 38.4. The number of benzene rings is 4. The van der Waals surface area contributed by atoms with Crippen LogP contribution in [0.15, 0.2) is 121 Å². The first-order valence-corrected chi connectivity index (χ1v) is 12.4. The molecule has 1 saturated carbocycles. The standard InChI is InChI=1S/C33H22O4/c34-29-27-28(30(35)37-29)33(24-19-11-4-12-20-24)26(22-15-7-2-8-16-22)25(21-13-5-1-6-14-21)32(27,31(33)36)23-17-9-3-10-18-23/h1-20,27-28H/t27-,28-,32-,33-/m0/s1. The van der Waals surface area contributed by atoms with Gasteiger partial charge in [0.2, 0.25) is 0 Å². The summed E-state index contributed by atoms with van der Waals surface area (Å²) in [6.07, 6.45) is 0. The van der Waals surface area contributed by atoms with Crippen LogP contribution in [0.3, 0.4) is 0 Å². The summed E-state index contributed by atoms with van der Waals surface area (Å²) in [5.41, 5.74) is 1.88. The summed E-state index contributed by atoms with van der Waals surface area (Å²) in [6.45, 7) is 0. The number of carbonyl (C=O) groups is 3. The molecule has 2 fully saturated rings. The number of fused-ring (bicyclic) bond motifs is 5. The van der Waals surface area contributed by atoms with Crippen LogP contribution in [0.1, 0.15) is 22.3 Å². The van der Waals surface area contributed by atoms with Crippen molar-refractivity contribution in [3.8, 4) is 0 Å². The average Bonchev–Trinajstić information content (AvgIpc) is 3.49. The van der Waals surface area contributed by atoms with Crippen molar-refractivity contribution in [1.29, 1.82) is 0 Å². The molecular formula is C33H22O4. The van der Waals surface area contributed by atoms with Crippen LogP contribution in [0.4, 0.5) is 0 Å². The Hall–Kier alpha value is -4.57. The van der Waals surface area contributed by atoms with Crippen LogP contribution in [-0.2, 0) is 30.0 Å². The molecule has 0 aromatic heterocycles. The molecule has 0 radical (unpaired) electrons. The van der Waals surface area contributed by atoms with Gasteiger partial charge in [0.25, 0.3) is 0 Å². The molecule has 37 heavy (non-hydrogen) atoms. The fraction of sp³-hybridized carbons (Fsp3) is 0.121. The van der Waals surface area contributed by atoms with Gasteiger partial charge in [-0.3, -0.25) is 14.4 Å². The number of hydrogen-bond donors (Lipinski definition) is 0. The quantitative estimate of drug-likeness (QED) is 0.289. The number of ether oxygens (including phenoxy) is 1. The molecule has 1 saturated heterocycles. The molecule has 4 heteroatoms. The maximum Gasteiger partial charge on any atom is 0.319 e. The summed E-state index contributed by atoms with van der Waals surface area (Å²) in [5.74, 6) is -3.33. The van der Waals surface area contributed by atoms with E-state index >= 15 is 4.79 Å². The van der Waals surface area contributed by atoms with Crippen molar-refractivity contribution in [2.45, 2.75) is 10.8 Å². The largest absolute Gasteiger partial charge is 0.393 e. The molecule has 0 unspecified atom stereocenters. The Balaban J connectivity index is 1.73. The maximum absolute atomic E-state index is 15.3. The molecule has 7 rings (SSSR count). The molecule has 3 aliphatic rings. The number of Topliss-reactive ketones (excluding diaryl/α,β-unsaturated/α-hetero) is 1. The molecule has 178 valence electrons. The molecule has 2 bridgehead atoms. The third-order valence-electron chi connectivity index (χ3n) is 8.31. The van der Waals surface area contributed by atoms with Crippen LogP contribution in [0.2, 0.25) is 0 Å². The number of ketones is 1. The molecular weight excluding hydrogens is 460 g/mol. The fourth-order valence-electron chi connectivity index (χ4n) is 7.14. The molecule has 1 heterocycles. The van der Waals surface area contributed by atoms with Crippen molar-refractivity contribution in [3.05, 3.63) is 144 Å². The smallest absolute Gasteiger partial charge is 0.319 e. The Bertz CT molecular complexity index is 1470. The predicted molar refractivity (Wildman–Crippen MR) is 139 cm³/mol. The maximum atomic E-state index is 15.3. The monoisotopic (exact) mass is 482 g/mol. The van der Waals surface area contributed by atoms with Gasteiger partial charge in [-0.05, 0) is 33.4 Å². The van der Waals surface area contributed by atoms with Crippen LogP contribution in [0.25, 0.3) is 11.1 Å². The summed E-state index contributed by atoms with van der Waals surface area (Å²) < 4.78 is 5.36. The highest BCUT2D eigenvalue weighted by Gasteiger charge is 2.82. The van der Waals surface area contributed by atoms with E-state index in [1.165, 1.54) is 0 Å². The highest BCUT2D eigenvalue weighted by molar-refractivity contribution is 6.34. The van der Waals surface area contributed by atoms with Gasteiger partial charge in [-0.1, -0.05) is 121 Å². The Kier molecular flexibility index (Phi) is 4.52. The van der Waals surface area contributed by atoms with Crippen LogP contribution in [0.5, 0.6) is 0 Å². The van der Waals surface area contributed by atoms with Gasteiger partial charge in [0.05, 0.1) is 22.7 Å². The van der Waals surface area contributed by atoms with Crippen molar-refractivity contribution in [1.82, 2.24) is 0 Å². The van der Waals surface area contributed by atoms with E-state index in [1.807, 2.05) is 121 Å². The fourth-order valence-corrected chi connectivity index (χ4v) is 7.14. The van der Waals surface area contributed by atoms with Crippen molar-refractivity contribution in [2.24, 2.45) is 11.8 Å². The molecule has 1 aliphatic heterocycles. The Morgan fingerprint density at radius 3 is 1.14 bits per heavy atom. The van der Waals surface area contributed by atoms with E-state index in [0.29, 0.717) is 11.1 Å². The second-order valence-electron chi connectivity index (χ2n) is 9.85. The number of esters is 2. The molecule has 4 atom stereocenters. The van der Waals surface area contributed by atoms with Gasteiger partial charge in [-0.25, -0.2) is 0 Å². The molecule has 4 aromatic rings. The van der Waals surface area contributed by atoms with Gasteiger partial charge in [-0.2, -0.15) is 0 Å². The predicted octanol–water partition coefficient (Wildman–Crippen LogP) is 5.39. The molecule has 0 amide bonds. The lowest BCUT2D eigenvalue weighted by Gasteiger charge is -2.38. The minimum atomic E-state index is -1.38. The zero-order valence-corrected chi connectivity index (χ0v) is 19.8. The minimum Gasteiger partial charge on any atom is -0.393 e. The molecule has 0 N–H and O–H groups in total. The van der Waals surface area contributed by atoms with Crippen molar-refractivity contribution < 1.29 is 19.1 Å². The van der Waals surface area contributed by atoms with Crippen molar-refractivity contribution in [2.75, 3.05) is 0 Å². The Morgan fingerprint density at radius 1 is 0.459 bits per heavy atom. The normalized spacial score (nSPS) is 27.9. The third kappa shape index (κ3) is 2.54. The third-order valence-corrected chi connectivity index (χ3v) is 8.31. The van der Waals surface area contributed by atoms with Gasteiger partial charge < -0.3 is 4.74 Å². The number of rotatable bonds is 4. The van der Waals surface area contributed by atoms with E-state index in [0.717, 1.165) is 22.3 Å². The molecule has 2 aliphatic carbocycles. The molecule has 0 spiro atoms. The second kappa shape index (κ2) is 7.71. The van der Waals surface area contributed by atoms with E-state index in [9.17, 15) is 9.59 Å². The van der Waals surface area contributed by atoms with Crippen LogP contribution in [0, 0.1) is 11.8 Å². The zero-order valence-electron chi connectivity index (χ0n) is 19.8. The summed E-state index contributed by atoms with van der Waals surface area (Å²) >= 11 is 0. The first-order chi connectivity index (χ1) is 18.1. The van der Waals surface area contributed by atoms with Gasteiger partial charge in [0.15, 0.2) is 5.78 Å². The van der Waals surface area contributed by atoms with Crippen LogP contribution in [-0.4, -0.2) is 17.7 Å². The Labute approximate surface area is 214 Å². The average molecular weight is 483 g/mol. The lowest BCUT2D eigenvalue weighted by molar-refractivity contribution is -0.156. The number of hydrogen-bond acceptors (Lipinski definition) is 4. The topological polar surface area (TPSA) is 60.4 Å². The minimum absolute atomic E-state index is 0.143.